The number of aliphatic carboxylic acids is 1. The van der Waals surface area contributed by atoms with E-state index >= 15 is 0 Å². The molecule has 2 aromatic rings. The van der Waals surface area contributed by atoms with Gasteiger partial charge in [-0.05, 0) is 54.3 Å². The molecule has 140 valence electrons. The van der Waals surface area contributed by atoms with E-state index in [2.05, 4.69) is 0 Å². The first-order valence-corrected chi connectivity index (χ1v) is 8.46. The van der Waals surface area contributed by atoms with Gasteiger partial charge in [0.2, 0.25) is 0 Å². The van der Waals surface area contributed by atoms with Crippen molar-refractivity contribution in [3.05, 3.63) is 58.1 Å². The summed E-state index contributed by atoms with van der Waals surface area (Å²) in [6.07, 6.45) is -2.42. The van der Waals surface area contributed by atoms with Crippen molar-refractivity contribution in [1.82, 2.24) is 0 Å². The molecule has 0 heterocycles. The van der Waals surface area contributed by atoms with E-state index in [0.717, 1.165) is 36.1 Å². The Labute approximate surface area is 154 Å². The van der Waals surface area contributed by atoms with E-state index in [4.69, 9.17) is 21.4 Å². The van der Waals surface area contributed by atoms with Gasteiger partial charge in [0.25, 0.3) is 0 Å². The molecule has 0 atom stereocenters. The predicted octanol–water partition coefficient (Wildman–Crippen LogP) is 6.12. The third-order valence-electron chi connectivity index (χ3n) is 3.79. The van der Waals surface area contributed by atoms with Crippen LogP contribution in [-0.2, 0) is 23.8 Å². The standard InChI is InChI=1S/C19H18ClF3O3/c1-2-3-13-10-15(7-4-12(13)5-9-18(24)25)26-17-8-6-14(11-16(17)20)19(21,22)23/h4,6-8,10-11H,2-3,5,9H2,1H3,(H,24,25). The molecule has 26 heavy (non-hydrogen) atoms. The fourth-order valence-corrected chi connectivity index (χ4v) is 2.76. The van der Waals surface area contributed by atoms with E-state index in [-0.39, 0.29) is 17.2 Å². The number of carbonyl (C=O) groups is 1. The second kappa shape index (κ2) is 8.45. The van der Waals surface area contributed by atoms with Crippen molar-refractivity contribution in [2.24, 2.45) is 0 Å². The highest BCUT2D eigenvalue weighted by Gasteiger charge is 2.31. The minimum absolute atomic E-state index is 0.0294. The van der Waals surface area contributed by atoms with Crippen molar-refractivity contribution in [3.8, 4) is 11.5 Å². The predicted molar refractivity (Wildman–Crippen MR) is 92.9 cm³/mol. The van der Waals surface area contributed by atoms with E-state index in [9.17, 15) is 18.0 Å². The number of carboxylic acid groups (broad SMARTS) is 1. The maximum atomic E-state index is 12.7. The lowest BCUT2D eigenvalue weighted by atomic mass is 9.99. The van der Waals surface area contributed by atoms with Crippen LogP contribution < -0.4 is 4.74 Å². The molecule has 0 aliphatic heterocycles. The zero-order valence-electron chi connectivity index (χ0n) is 14.1. The summed E-state index contributed by atoms with van der Waals surface area (Å²) < 4.78 is 43.7. The van der Waals surface area contributed by atoms with Gasteiger partial charge >= 0.3 is 12.1 Å². The molecule has 7 heteroatoms. The second-order valence-corrected chi connectivity index (χ2v) is 6.23. The number of ether oxygens (including phenoxy) is 1. The molecule has 0 aliphatic rings. The summed E-state index contributed by atoms with van der Waals surface area (Å²) in [6, 6.07) is 8.13. The fourth-order valence-electron chi connectivity index (χ4n) is 2.54. The Hall–Kier alpha value is -2.21. The lowest BCUT2D eigenvalue weighted by Gasteiger charge is -2.14. The van der Waals surface area contributed by atoms with Crippen LogP contribution in [0.15, 0.2) is 36.4 Å². The molecule has 0 aromatic heterocycles. The van der Waals surface area contributed by atoms with Crippen LogP contribution >= 0.6 is 11.6 Å². The van der Waals surface area contributed by atoms with Crippen LogP contribution in [0.3, 0.4) is 0 Å². The van der Waals surface area contributed by atoms with Crippen molar-refractivity contribution < 1.29 is 27.8 Å². The highest BCUT2D eigenvalue weighted by molar-refractivity contribution is 6.32. The summed E-state index contributed by atoms with van der Waals surface area (Å²) in [5.41, 5.74) is 1.03. The highest BCUT2D eigenvalue weighted by Crippen LogP contribution is 2.36. The van der Waals surface area contributed by atoms with Gasteiger partial charge in [-0.25, -0.2) is 0 Å². The topological polar surface area (TPSA) is 46.5 Å². The number of carboxylic acids is 1. The van der Waals surface area contributed by atoms with Gasteiger partial charge in [-0.15, -0.1) is 0 Å². The van der Waals surface area contributed by atoms with Crippen molar-refractivity contribution in [2.45, 2.75) is 38.8 Å². The van der Waals surface area contributed by atoms with E-state index in [1.165, 1.54) is 6.07 Å². The highest BCUT2D eigenvalue weighted by atomic mass is 35.5. The van der Waals surface area contributed by atoms with E-state index in [0.29, 0.717) is 12.2 Å². The third-order valence-corrected chi connectivity index (χ3v) is 4.09. The van der Waals surface area contributed by atoms with Gasteiger partial charge in [-0.2, -0.15) is 13.2 Å². The number of hydrogen-bond donors (Lipinski definition) is 1. The van der Waals surface area contributed by atoms with Gasteiger partial charge in [-0.1, -0.05) is 31.0 Å². The molecule has 0 spiro atoms. The van der Waals surface area contributed by atoms with Gasteiger partial charge in [0.1, 0.15) is 11.5 Å². The molecule has 0 bridgehead atoms. The SMILES string of the molecule is CCCc1cc(Oc2ccc(C(F)(F)F)cc2Cl)ccc1CCC(=O)O. The number of halogens is 4. The molecule has 0 unspecified atom stereocenters. The molecule has 0 amide bonds. The minimum Gasteiger partial charge on any atom is -0.481 e. The van der Waals surface area contributed by atoms with E-state index < -0.39 is 17.7 Å². The molecule has 0 saturated carbocycles. The fraction of sp³-hybridized carbons (Fsp3) is 0.316. The average molecular weight is 387 g/mol. The van der Waals surface area contributed by atoms with Crippen molar-refractivity contribution in [3.63, 3.8) is 0 Å². The molecule has 0 fully saturated rings. The Balaban J connectivity index is 2.24. The van der Waals surface area contributed by atoms with Gasteiger partial charge in [0.05, 0.1) is 10.6 Å². The van der Waals surface area contributed by atoms with Crippen molar-refractivity contribution in [2.75, 3.05) is 0 Å². The maximum Gasteiger partial charge on any atom is 0.416 e. The Morgan fingerprint density at radius 3 is 2.42 bits per heavy atom. The first-order chi connectivity index (χ1) is 12.2. The molecule has 2 rings (SSSR count). The molecule has 2 aromatic carbocycles. The largest absolute Gasteiger partial charge is 0.481 e. The van der Waals surface area contributed by atoms with Crippen LogP contribution in [0.5, 0.6) is 11.5 Å². The minimum atomic E-state index is -4.47. The Bertz CT molecular complexity index is 788. The maximum absolute atomic E-state index is 12.7. The monoisotopic (exact) mass is 386 g/mol. The molecule has 3 nitrogen and oxygen atoms in total. The number of hydrogen-bond acceptors (Lipinski definition) is 2. The number of rotatable bonds is 7. The van der Waals surface area contributed by atoms with Gasteiger partial charge in [0.15, 0.2) is 0 Å². The zero-order chi connectivity index (χ0) is 19.3. The Morgan fingerprint density at radius 1 is 1.12 bits per heavy atom. The van der Waals surface area contributed by atoms with E-state index in [1.807, 2.05) is 6.92 Å². The lowest BCUT2D eigenvalue weighted by molar-refractivity contribution is -0.138. The van der Waals surface area contributed by atoms with Gasteiger partial charge in [0, 0.05) is 6.42 Å². The summed E-state index contributed by atoms with van der Waals surface area (Å²) in [5.74, 6) is -0.307. The Kier molecular flexibility index (Phi) is 6.53. The smallest absolute Gasteiger partial charge is 0.416 e. The molecular weight excluding hydrogens is 369 g/mol. The quantitative estimate of drug-likeness (QED) is 0.623. The molecule has 0 radical (unpaired) electrons. The average Bonchev–Trinajstić information content (AvgIpc) is 2.55. The summed E-state index contributed by atoms with van der Waals surface area (Å²) >= 11 is 5.91. The zero-order valence-corrected chi connectivity index (χ0v) is 14.8. The van der Waals surface area contributed by atoms with Crippen LogP contribution in [0.1, 0.15) is 36.5 Å². The van der Waals surface area contributed by atoms with Crippen molar-refractivity contribution in [1.29, 1.82) is 0 Å². The summed E-state index contributed by atoms with van der Waals surface area (Å²) in [4.78, 5) is 10.8. The molecule has 1 N–H and O–H groups in total. The first kappa shape index (κ1) is 20.1. The summed E-state index contributed by atoms with van der Waals surface area (Å²) in [5, 5.41) is 8.70. The molecule has 0 saturated heterocycles. The van der Waals surface area contributed by atoms with Crippen LogP contribution in [0.4, 0.5) is 13.2 Å². The van der Waals surface area contributed by atoms with Gasteiger partial charge < -0.3 is 9.84 Å². The normalized spacial score (nSPS) is 11.4. The van der Waals surface area contributed by atoms with Crippen LogP contribution in [-0.4, -0.2) is 11.1 Å². The number of benzene rings is 2. The number of aryl methyl sites for hydroxylation is 2. The Morgan fingerprint density at radius 2 is 1.85 bits per heavy atom. The molecular formula is C19H18ClF3O3. The summed E-state index contributed by atoms with van der Waals surface area (Å²) in [6.45, 7) is 2.00. The third kappa shape index (κ3) is 5.39. The van der Waals surface area contributed by atoms with E-state index in [1.54, 1.807) is 18.2 Å². The van der Waals surface area contributed by atoms with Gasteiger partial charge in [-0.3, -0.25) is 4.79 Å². The van der Waals surface area contributed by atoms with Crippen LogP contribution in [0.2, 0.25) is 5.02 Å². The van der Waals surface area contributed by atoms with Crippen LogP contribution in [0, 0.1) is 0 Å². The molecule has 0 aliphatic carbocycles. The second-order valence-electron chi connectivity index (χ2n) is 5.82. The number of alkyl halides is 3. The van der Waals surface area contributed by atoms with Crippen molar-refractivity contribution >= 4 is 17.6 Å². The summed E-state index contributed by atoms with van der Waals surface area (Å²) in [7, 11) is 0. The van der Waals surface area contributed by atoms with Crippen LogP contribution in [0.25, 0.3) is 0 Å². The lowest BCUT2D eigenvalue weighted by Crippen LogP contribution is -2.04. The first-order valence-electron chi connectivity index (χ1n) is 8.09.